The molecule has 0 saturated heterocycles. The number of ether oxygens (including phenoxy) is 4. The van der Waals surface area contributed by atoms with Gasteiger partial charge in [0.25, 0.3) is 5.56 Å². The van der Waals surface area contributed by atoms with Crippen LogP contribution in [0.25, 0.3) is 16.6 Å². The first kappa shape index (κ1) is 22.4. The molecule has 0 aliphatic carbocycles. The molecule has 0 fully saturated rings. The zero-order chi connectivity index (χ0) is 24.9. The van der Waals surface area contributed by atoms with E-state index in [1.54, 1.807) is 0 Å². The fourth-order valence-electron chi connectivity index (χ4n) is 3.67. The highest BCUT2D eigenvalue weighted by Gasteiger charge is 2.24. The molecule has 5 rings (SSSR count). The summed E-state index contributed by atoms with van der Waals surface area (Å²) in [6, 6.07) is 4.50. The molecule has 0 amide bonds. The van der Waals surface area contributed by atoms with Crippen LogP contribution in [-0.2, 0) is 6.61 Å². The number of benzene rings is 2. The third kappa shape index (κ3) is 3.65. The van der Waals surface area contributed by atoms with E-state index in [-0.39, 0.29) is 52.0 Å². The molecule has 0 bridgehead atoms. The fourth-order valence-corrected chi connectivity index (χ4v) is 4.50. The van der Waals surface area contributed by atoms with Gasteiger partial charge in [-0.25, -0.2) is 22.9 Å². The molecule has 0 radical (unpaired) electrons. The highest BCUT2D eigenvalue weighted by atomic mass is 32.1. The summed E-state index contributed by atoms with van der Waals surface area (Å²) in [4.78, 5) is 39.3. The minimum atomic E-state index is -1.37. The number of H-pyrrole nitrogens is 1. The molecule has 13 heteroatoms. The van der Waals surface area contributed by atoms with E-state index in [1.165, 1.54) is 24.6 Å². The monoisotopic (exact) mass is 504 g/mol. The van der Waals surface area contributed by atoms with Crippen molar-refractivity contribution in [3.05, 3.63) is 72.6 Å². The Labute approximate surface area is 197 Å². The van der Waals surface area contributed by atoms with E-state index in [9.17, 15) is 28.3 Å². The third-order valence-electron chi connectivity index (χ3n) is 5.28. The van der Waals surface area contributed by atoms with Gasteiger partial charge in [-0.3, -0.25) is 4.79 Å². The molecule has 0 unspecified atom stereocenters. The molecule has 0 spiro atoms. The number of hydrogen-bond acceptors (Lipinski definition) is 8. The Morgan fingerprint density at radius 2 is 2.00 bits per heavy atom. The van der Waals surface area contributed by atoms with Gasteiger partial charge in [0, 0.05) is 17.5 Å². The molecular weight excluding hydrogens is 490 g/mol. The molecule has 2 N–H and O–H groups in total. The normalized spacial score (nSPS) is 12.2. The lowest BCUT2D eigenvalue weighted by Gasteiger charge is -2.15. The number of halogens is 2. The second kappa shape index (κ2) is 8.43. The average molecular weight is 504 g/mol. The second-order valence-corrected chi connectivity index (χ2v) is 8.11. The number of nitrogens with zero attached hydrogens (tertiary/aromatic N) is 1. The summed E-state index contributed by atoms with van der Waals surface area (Å²) in [5.74, 6) is -2.75. The maximum atomic E-state index is 15.0. The molecule has 0 saturated carbocycles. The number of aromatic amines is 1. The van der Waals surface area contributed by atoms with E-state index in [0.29, 0.717) is 10.3 Å². The van der Waals surface area contributed by atoms with Crippen molar-refractivity contribution in [1.29, 1.82) is 0 Å². The van der Waals surface area contributed by atoms with Gasteiger partial charge in [0.1, 0.15) is 17.3 Å². The van der Waals surface area contributed by atoms with Crippen molar-refractivity contribution in [2.75, 3.05) is 13.9 Å². The Morgan fingerprint density at radius 3 is 2.74 bits per heavy atom. The smallest absolute Gasteiger partial charge is 0.346 e. The molecule has 3 heterocycles. The highest BCUT2D eigenvalue weighted by Crippen LogP contribution is 2.39. The van der Waals surface area contributed by atoms with Gasteiger partial charge >= 0.3 is 11.7 Å². The van der Waals surface area contributed by atoms with Gasteiger partial charge in [0.05, 0.1) is 29.3 Å². The lowest BCUT2D eigenvalue weighted by atomic mass is 10.2. The molecule has 10 nitrogen and oxygen atoms in total. The number of carbonyl (C=O) groups is 1. The van der Waals surface area contributed by atoms with Gasteiger partial charge in [0.2, 0.25) is 6.79 Å². The van der Waals surface area contributed by atoms with Crippen molar-refractivity contribution in [2.45, 2.75) is 6.61 Å². The van der Waals surface area contributed by atoms with E-state index >= 15 is 0 Å². The van der Waals surface area contributed by atoms with Crippen LogP contribution in [0.4, 0.5) is 8.78 Å². The number of carboxylic acid groups (broad SMARTS) is 1. The number of hydrogen-bond donors (Lipinski definition) is 2. The van der Waals surface area contributed by atoms with Crippen LogP contribution >= 0.6 is 11.3 Å². The summed E-state index contributed by atoms with van der Waals surface area (Å²) in [7, 11) is 1.24. The second-order valence-electron chi connectivity index (χ2n) is 7.23. The maximum Gasteiger partial charge on any atom is 0.346 e. The zero-order valence-electron chi connectivity index (χ0n) is 17.7. The Kier molecular flexibility index (Phi) is 5.40. The number of carboxylic acids is 1. The molecule has 180 valence electrons. The number of methoxy groups -OCH3 is 1. The summed E-state index contributed by atoms with van der Waals surface area (Å²) in [5, 5.41) is 10.4. The molecule has 4 aromatic rings. The van der Waals surface area contributed by atoms with Gasteiger partial charge in [0.15, 0.2) is 28.8 Å². The van der Waals surface area contributed by atoms with Crippen molar-refractivity contribution < 1.29 is 37.6 Å². The van der Waals surface area contributed by atoms with Gasteiger partial charge < -0.3 is 29.0 Å². The van der Waals surface area contributed by atoms with Crippen LogP contribution in [0.3, 0.4) is 0 Å². The van der Waals surface area contributed by atoms with Crippen LogP contribution in [0, 0.1) is 11.6 Å². The minimum absolute atomic E-state index is 0.0136. The molecule has 1 aliphatic heterocycles. The third-order valence-corrected chi connectivity index (χ3v) is 6.25. The summed E-state index contributed by atoms with van der Waals surface area (Å²) >= 11 is 0.749. The molecule has 1 aliphatic rings. The first-order valence-corrected chi connectivity index (χ1v) is 10.8. The first-order chi connectivity index (χ1) is 16.8. The van der Waals surface area contributed by atoms with Crippen molar-refractivity contribution in [1.82, 2.24) is 9.55 Å². The van der Waals surface area contributed by atoms with E-state index in [1.807, 2.05) is 0 Å². The van der Waals surface area contributed by atoms with Crippen LogP contribution in [0.5, 0.6) is 23.0 Å². The molecule has 2 aromatic heterocycles. The molecule has 2 aromatic carbocycles. The summed E-state index contributed by atoms with van der Waals surface area (Å²) in [6.45, 7) is -0.470. The first-order valence-electron chi connectivity index (χ1n) is 9.87. The predicted octanol–water partition coefficient (Wildman–Crippen LogP) is 3.03. The Morgan fingerprint density at radius 1 is 1.20 bits per heavy atom. The molecule has 35 heavy (non-hydrogen) atoms. The summed E-state index contributed by atoms with van der Waals surface area (Å²) in [5.41, 5.74) is -2.50. The molecule has 0 atom stereocenters. The highest BCUT2D eigenvalue weighted by molar-refractivity contribution is 7.13. The van der Waals surface area contributed by atoms with E-state index in [0.717, 1.165) is 23.5 Å². The summed E-state index contributed by atoms with van der Waals surface area (Å²) in [6.07, 6.45) is 0. The van der Waals surface area contributed by atoms with Gasteiger partial charge in [-0.1, -0.05) is 0 Å². The zero-order valence-corrected chi connectivity index (χ0v) is 18.5. The van der Waals surface area contributed by atoms with E-state index in [4.69, 9.17) is 18.9 Å². The van der Waals surface area contributed by atoms with E-state index in [2.05, 4.69) is 4.98 Å². The molecular formula is C22H14F2N2O8S. The summed E-state index contributed by atoms with van der Waals surface area (Å²) < 4.78 is 51.2. The Balaban J connectivity index is 1.62. The topological polar surface area (TPSA) is 129 Å². The number of aromatic nitrogens is 2. The van der Waals surface area contributed by atoms with Crippen molar-refractivity contribution in [2.24, 2.45) is 0 Å². The average Bonchev–Trinajstić information content (AvgIpc) is 3.47. The van der Waals surface area contributed by atoms with Crippen LogP contribution < -0.4 is 30.2 Å². The van der Waals surface area contributed by atoms with Gasteiger partial charge in [-0.2, -0.15) is 0 Å². The maximum absolute atomic E-state index is 15.0. The van der Waals surface area contributed by atoms with Crippen LogP contribution in [0.15, 0.2) is 39.2 Å². The fraction of sp³-hybridized carbons (Fsp3) is 0.136. The lowest BCUT2D eigenvalue weighted by molar-refractivity contribution is 0.0704. The van der Waals surface area contributed by atoms with E-state index < -0.39 is 34.5 Å². The number of fused-ring (bicyclic) bond motifs is 2. The lowest BCUT2D eigenvalue weighted by Crippen LogP contribution is -2.34. The van der Waals surface area contributed by atoms with Crippen LogP contribution in [0.2, 0.25) is 0 Å². The van der Waals surface area contributed by atoms with Crippen LogP contribution in [-0.4, -0.2) is 34.5 Å². The van der Waals surface area contributed by atoms with Gasteiger partial charge in [-0.15, -0.1) is 11.3 Å². The minimum Gasteiger partial charge on any atom is -0.493 e. The number of rotatable bonds is 6. The van der Waals surface area contributed by atoms with Crippen molar-refractivity contribution >= 4 is 28.2 Å². The number of aromatic carboxylic acids is 1. The Bertz CT molecular complexity index is 1620. The predicted molar refractivity (Wildman–Crippen MR) is 118 cm³/mol. The van der Waals surface area contributed by atoms with Crippen molar-refractivity contribution in [3.8, 4) is 28.7 Å². The van der Waals surface area contributed by atoms with Gasteiger partial charge in [-0.05, 0) is 12.1 Å². The van der Waals surface area contributed by atoms with Crippen molar-refractivity contribution in [3.63, 3.8) is 0 Å². The largest absolute Gasteiger partial charge is 0.493 e. The quantitative estimate of drug-likeness (QED) is 0.410. The SMILES string of the molecule is COc1cc(F)c(-n2c(=O)[nH]c3csc(C(=O)O)c3c2=O)cc1OCc1c(F)ccc2c1OCO2. The number of nitrogens with one attached hydrogen (secondary N) is 1. The Hall–Kier alpha value is -4.39. The number of thiophene rings is 1. The standard InChI is InChI=1S/C22H14F2N2O8S/c1-31-15-4-11(24)13(26-20(27)17-12(25-22(26)30)7-35-19(17)21(28)29)5-16(15)32-6-9-10(23)2-3-14-18(9)34-8-33-14/h2-5,7H,6,8H2,1H3,(H,25,30)(H,28,29). The van der Waals surface area contributed by atoms with Crippen LogP contribution in [0.1, 0.15) is 15.2 Å².